The van der Waals surface area contributed by atoms with Crippen molar-refractivity contribution in [3.05, 3.63) is 24.3 Å². The van der Waals surface area contributed by atoms with Gasteiger partial charge in [0.2, 0.25) is 5.91 Å². The molecule has 248 valence electrons. The summed E-state index contributed by atoms with van der Waals surface area (Å²) in [6, 6.07) is -0.622. The molecule has 0 saturated heterocycles. The molecule has 4 heteroatoms. The van der Waals surface area contributed by atoms with Crippen LogP contribution < -0.4 is 5.32 Å². The van der Waals surface area contributed by atoms with E-state index in [9.17, 15) is 15.0 Å². The summed E-state index contributed by atoms with van der Waals surface area (Å²) >= 11 is 0. The van der Waals surface area contributed by atoms with Crippen molar-refractivity contribution in [2.75, 3.05) is 6.61 Å². The van der Waals surface area contributed by atoms with Gasteiger partial charge in [-0.3, -0.25) is 4.79 Å². The van der Waals surface area contributed by atoms with Gasteiger partial charge < -0.3 is 15.5 Å². The third-order valence-corrected chi connectivity index (χ3v) is 8.43. The third-order valence-electron chi connectivity index (χ3n) is 8.43. The van der Waals surface area contributed by atoms with Gasteiger partial charge in [0, 0.05) is 6.42 Å². The first-order valence-electron chi connectivity index (χ1n) is 18.6. The van der Waals surface area contributed by atoms with Crippen molar-refractivity contribution in [2.45, 2.75) is 206 Å². The highest BCUT2D eigenvalue weighted by Crippen LogP contribution is 2.14. The van der Waals surface area contributed by atoms with E-state index >= 15 is 0 Å². The van der Waals surface area contributed by atoms with Gasteiger partial charge >= 0.3 is 0 Å². The fourth-order valence-electron chi connectivity index (χ4n) is 5.52. The van der Waals surface area contributed by atoms with E-state index in [1.807, 2.05) is 6.08 Å². The molecular weight excluding hydrogens is 518 g/mol. The van der Waals surface area contributed by atoms with Crippen LogP contribution in [0.5, 0.6) is 0 Å². The van der Waals surface area contributed by atoms with Crippen LogP contribution in [0.3, 0.4) is 0 Å². The number of carbonyl (C=O) groups is 1. The topological polar surface area (TPSA) is 69.6 Å². The number of carbonyl (C=O) groups excluding carboxylic acids is 1. The van der Waals surface area contributed by atoms with E-state index in [1.54, 1.807) is 6.08 Å². The molecule has 0 saturated carbocycles. The van der Waals surface area contributed by atoms with Gasteiger partial charge in [0.05, 0.1) is 18.8 Å². The number of rotatable bonds is 33. The fourth-order valence-corrected chi connectivity index (χ4v) is 5.52. The molecule has 1 amide bonds. The van der Waals surface area contributed by atoms with Crippen molar-refractivity contribution in [1.82, 2.24) is 5.32 Å². The van der Waals surface area contributed by atoms with E-state index in [0.717, 1.165) is 32.1 Å². The first kappa shape index (κ1) is 40.9. The molecule has 0 aliphatic rings. The first-order chi connectivity index (χ1) is 20.7. The molecular formula is C38H73NO3. The molecule has 0 aliphatic carbocycles. The van der Waals surface area contributed by atoms with Gasteiger partial charge in [-0.2, -0.15) is 0 Å². The van der Waals surface area contributed by atoms with Crippen LogP contribution in [0.15, 0.2) is 24.3 Å². The molecule has 0 rings (SSSR count). The Balaban J connectivity index is 3.63. The molecule has 42 heavy (non-hydrogen) atoms. The van der Waals surface area contributed by atoms with Crippen LogP contribution in [0, 0.1) is 0 Å². The van der Waals surface area contributed by atoms with E-state index in [1.165, 1.54) is 141 Å². The van der Waals surface area contributed by atoms with Crippen molar-refractivity contribution >= 4 is 5.91 Å². The Labute approximate surface area is 262 Å². The first-order valence-corrected chi connectivity index (χ1v) is 18.6. The van der Waals surface area contributed by atoms with Crippen LogP contribution in [-0.4, -0.2) is 34.9 Å². The van der Waals surface area contributed by atoms with Crippen molar-refractivity contribution in [3.8, 4) is 0 Å². The van der Waals surface area contributed by atoms with E-state index in [0.29, 0.717) is 6.42 Å². The Hall–Kier alpha value is -1.13. The molecule has 0 spiro atoms. The minimum Gasteiger partial charge on any atom is -0.394 e. The number of hydrogen-bond donors (Lipinski definition) is 3. The lowest BCUT2D eigenvalue weighted by Crippen LogP contribution is -2.45. The number of amides is 1. The zero-order valence-electron chi connectivity index (χ0n) is 28.3. The molecule has 0 bridgehead atoms. The molecule has 0 aromatic carbocycles. The van der Waals surface area contributed by atoms with Crippen LogP contribution in [0.25, 0.3) is 0 Å². The summed E-state index contributed by atoms with van der Waals surface area (Å²) in [5.74, 6) is -0.0738. The SMILES string of the molecule is CCCCCCC/C=C\CCCCCCCC(=O)NC(CO)C(O)/C=C/CCCCCCCCCCCCCCCC. The lowest BCUT2D eigenvalue weighted by Gasteiger charge is -2.20. The molecule has 3 N–H and O–H groups in total. The molecule has 0 aliphatic heterocycles. The van der Waals surface area contributed by atoms with Gasteiger partial charge in [-0.1, -0.05) is 167 Å². The third kappa shape index (κ3) is 30.3. The number of hydrogen-bond acceptors (Lipinski definition) is 3. The molecule has 0 radical (unpaired) electrons. The van der Waals surface area contributed by atoms with Gasteiger partial charge in [-0.15, -0.1) is 0 Å². The average molecular weight is 592 g/mol. The Morgan fingerprint density at radius 1 is 0.548 bits per heavy atom. The second-order valence-corrected chi connectivity index (χ2v) is 12.6. The smallest absolute Gasteiger partial charge is 0.220 e. The number of allylic oxidation sites excluding steroid dienone is 3. The average Bonchev–Trinajstić information content (AvgIpc) is 2.99. The van der Waals surface area contributed by atoms with Crippen LogP contribution in [0.2, 0.25) is 0 Å². The highest BCUT2D eigenvalue weighted by atomic mass is 16.3. The normalized spacial score (nSPS) is 13.3. The highest BCUT2D eigenvalue weighted by molar-refractivity contribution is 5.76. The van der Waals surface area contributed by atoms with Crippen LogP contribution in [0.1, 0.15) is 194 Å². The van der Waals surface area contributed by atoms with Gasteiger partial charge in [-0.25, -0.2) is 0 Å². The summed E-state index contributed by atoms with van der Waals surface area (Å²) < 4.78 is 0. The van der Waals surface area contributed by atoms with E-state index in [4.69, 9.17) is 0 Å². The zero-order valence-corrected chi connectivity index (χ0v) is 28.3. The Morgan fingerprint density at radius 3 is 1.31 bits per heavy atom. The predicted molar refractivity (Wildman–Crippen MR) is 184 cm³/mol. The number of nitrogens with one attached hydrogen (secondary N) is 1. The lowest BCUT2D eigenvalue weighted by molar-refractivity contribution is -0.123. The van der Waals surface area contributed by atoms with Gasteiger partial charge in [0.15, 0.2) is 0 Å². The molecule has 4 nitrogen and oxygen atoms in total. The van der Waals surface area contributed by atoms with Gasteiger partial charge in [-0.05, 0) is 44.9 Å². The summed E-state index contributed by atoms with van der Waals surface area (Å²) in [5, 5.41) is 22.9. The number of unbranched alkanes of at least 4 members (excludes halogenated alkanes) is 24. The molecule has 2 atom stereocenters. The molecule has 0 aromatic rings. The summed E-state index contributed by atoms with van der Waals surface area (Å²) in [4.78, 5) is 12.3. The molecule has 0 heterocycles. The summed E-state index contributed by atoms with van der Waals surface area (Å²) in [6.07, 6.45) is 42.6. The Morgan fingerprint density at radius 2 is 0.905 bits per heavy atom. The number of aliphatic hydroxyl groups is 2. The minimum absolute atomic E-state index is 0.0738. The van der Waals surface area contributed by atoms with Crippen molar-refractivity contribution in [3.63, 3.8) is 0 Å². The van der Waals surface area contributed by atoms with Gasteiger partial charge in [0.1, 0.15) is 0 Å². The van der Waals surface area contributed by atoms with E-state index in [-0.39, 0.29) is 12.5 Å². The van der Waals surface area contributed by atoms with E-state index < -0.39 is 12.1 Å². The largest absolute Gasteiger partial charge is 0.394 e. The van der Waals surface area contributed by atoms with Crippen molar-refractivity contribution in [1.29, 1.82) is 0 Å². The summed E-state index contributed by atoms with van der Waals surface area (Å²) in [5.41, 5.74) is 0. The van der Waals surface area contributed by atoms with Crippen LogP contribution >= 0.6 is 0 Å². The highest BCUT2D eigenvalue weighted by Gasteiger charge is 2.17. The van der Waals surface area contributed by atoms with Gasteiger partial charge in [0.25, 0.3) is 0 Å². The minimum atomic E-state index is -0.838. The molecule has 0 aromatic heterocycles. The Kier molecular flexibility index (Phi) is 33.4. The quantitative estimate of drug-likeness (QED) is 0.0525. The second kappa shape index (κ2) is 34.4. The zero-order chi connectivity index (χ0) is 30.8. The second-order valence-electron chi connectivity index (χ2n) is 12.6. The maximum atomic E-state index is 12.3. The summed E-state index contributed by atoms with van der Waals surface area (Å²) in [7, 11) is 0. The van der Waals surface area contributed by atoms with Crippen LogP contribution in [-0.2, 0) is 4.79 Å². The standard InChI is InChI=1S/C38H73NO3/c1-3-5-7-9-11-13-15-17-19-20-21-23-25-27-29-31-33-37(41)36(35-40)39-38(42)34-32-30-28-26-24-22-18-16-14-12-10-8-6-4-2/h16,18,31,33,36-37,40-41H,3-15,17,19-30,32,34-35H2,1-2H3,(H,39,42)/b18-16-,33-31+. The van der Waals surface area contributed by atoms with Crippen molar-refractivity contribution in [2.24, 2.45) is 0 Å². The summed E-state index contributed by atoms with van der Waals surface area (Å²) in [6.45, 7) is 4.29. The van der Waals surface area contributed by atoms with Crippen LogP contribution in [0.4, 0.5) is 0 Å². The monoisotopic (exact) mass is 592 g/mol. The lowest BCUT2D eigenvalue weighted by atomic mass is 10.0. The maximum absolute atomic E-state index is 12.3. The predicted octanol–water partition coefficient (Wildman–Crippen LogP) is 10.9. The number of aliphatic hydroxyl groups excluding tert-OH is 2. The molecule has 2 unspecified atom stereocenters. The van der Waals surface area contributed by atoms with E-state index in [2.05, 4.69) is 31.3 Å². The Bertz CT molecular complexity index is 603. The fraction of sp³-hybridized carbons (Fsp3) is 0.868. The molecule has 0 fully saturated rings. The maximum Gasteiger partial charge on any atom is 0.220 e. The van der Waals surface area contributed by atoms with Crippen molar-refractivity contribution < 1.29 is 15.0 Å².